The number of piperidine rings is 1. The first-order valence-electron chi connectivity index (χ1n) is 12.7. The Morgan fingerprint density at radius 1 is 1.29 bits per heavy atom. The lowest BCUT2D eigenvalue weighted by Gasteiger charge is -2.32. The van der Waals surface area contributed by atoms with Crippen molar-refractivity contribution in [1.82, 2.24) is 15.3 Å². The van der Waals surface area contributed by atoms with Crippen molar-refractivity contribution >= 4 is 11.6 Å². The third-order valence-electron chi connectivity index (χ3n) is 7.08. The number of carbonyl (C=O) groups excluding carboxylic acids is 1. The maximum Gasteiger partial charge on any atom is 0.223 e. The number of nitrogens with zero attached hydrogens (tertiary/aromatic N) is 1. The number of nitrogens with one attached hydrogen (secondary N) is 3. The summed E-state index contributed by atoms with van der Waals surface area (Å²) in [6, 6.07) is 0. The number of alkyl halides is 2. The molecule has 3 unspecified atom stereocenters. The molecule has 1 amide bonds. The van der Waals surface area contributed by atoms with Gasteiger partial charge < -0.3 is 15.7 Å². The molecule has 2 fully saturated rings. The second kappa shape index (κ2) is 12.1. The largest absolute Gasteiger partial charge is 0.356 e. The number of halogens is 2. The third kappa shape index (κ3) is 8.02. The van der Waals surface area contributed by atoms with Gasteiger partial charge in [-0.2, -0.15) is 0 Å². The minimum atomic E-state index is -1.10. The van der Waals surface area contributed by atoms with Crippen LogP contribution in [0.4, 0.5) is 8.78 Å². The van der Waals surface area contributed by atoms with Gasteiger partial charge in [-0.3, -0.25) is 4.79 Å². The van der Waals surface area contributed by atoms with E-state index in [2.05, 4.69) is 36.1 Å². The van der Waals surface area contributed by atoms with E-state index in [1.54, 1.807) is 20.0 Å². The predicted molar refractivity (Wildman–Crippen MR) is 134 cm³/mol. The summed E-state index contributed by atoms with van der Waals surface area (Å²) in [5, 5.41) is 11.2. The second-order valence-electron chi connectivity index (χ2n) is 11.1. The summed E-state index contributed by atoms with van der Waals surface area (Å²) in [6.45, 7) is 14.7. The molecule has 1 aliphatic heterocycles. The van der Waals surface area contributed by atoms with Crippen molar-refractivity contribution in [2.24, 2.45) is 23.7 Å². The van der Waals surface area contributed by atoms with Crippen LogP contribution in [0.3, 0.4) is 0 Å². The van der Waals surface area contributed by atoms with E-state index in [1.165, 1.54) is 5.57 Å². The number of rotatable bonds is 6. The van der Waals surface area contributed by atoms with Crippen molar-refractivity contribution in [3.8, 4) is 0 Å². The Morgan fingerprint density at radius 2 is 1.91 bits per heavy atom. The molecule has 1 aromatic rings. The first-order chi connectivity index (χ1) is 15.8. The van der Waals surface area contributed by atoms with Crippen molar-refractivity contribution in [2.75, 3.05) is 6.54 Å². The third-order valence-corrected chi connectivity index (χ3v) is 7.08. The van der Waals surface area contributed by atoms with Crippen molar-refractivity contribution < 1.29 is 13.6 Å². The first-order valence-corrected chi connectivity index (χ1v) is 12.7. The topological polar surface area (TPSA) is 81.6 Å². The van der Waals surface area contributed by atoms with E-state index in [-0.39, 0.29) is 17.7 Å². The van der Waals surface area contributed by atoms with E-state index >= 15 is 0 Å². The van der Waals surface area contributed by atoms with Gasteiger partial charge in [0.05, 0.1) is 11.9 Å². The van der Waals surface area contributed by atoms with Crippen LogP contribution in [0.25, 0.3) is 0 Å². The Morgan fingerprint density at radius 3 is 2.41 bits per heavy atom. The van der Waals surface area contributed by atoms with Crippen LogP contribution < -0.4 is 5.32 Å². The molecule has 0 radical (unpaired) electrons. The highest BCUT2D eigenvalue weighted by Crippen LogP contribution is 2.41. The van der Waals surface area contributed by atoms with Gasteiger partial charge in [0.25, 0.3) is 0 Å². The van der Waals surface area contributed by atoms with Gasteiger partial charge in [-0.1, -0.05) is 26.3 Å². The summed E-state index contributed by atoms with van der Waals surface area (Å²) in [7, 11) is 0. The number of hydrogen-bond acceptors (Lipinski definition) is 3. The fourth-order valence-corrected chi connectivity index (χ4v) is 5.22. The molecular weight excluding hydrogens is 434 g/mol. The Hall–Kier alpha value is -2.05. The van der Waals surface area contributed by atoms with Crippen molar-refractivity contribution in [3.63, 3.8) is 0 Å². The average molecular weight is 479 g/mol. The standard InChI is InChI=1S/C15H26N2O.C12H18F2N2/c1-9(2)14(10(3)4)13(16)7-12-6-11(5)8-17-15(12)18;1-8-15-7-10(16-8)11(13)9-3-5-12(2,14)6-4-9/h9,11-12,16H,6-8H2,1-5H3,(H,17,18);7,9,11H,3-6H2,1-2H3,(H,15,16). The van der Waals surface area contributed by atoms with E-state index < -0.39 is 11.8 Å². The molecule has 1 saturated carbocycles. The Labute approximate surface area is 204 Å². The fourth-order valence-electron chi connectivity index (χ4n) is 5.22. The van der Waals surface area contributed by atoms with Gasteiger partial charge in [-0.15, -0.1) is 0 Å². The highest BCUT2D eigenvalue weighted by Gasteiger charge is 2.35. The molecule has 0 spiro atoms. The van der Waals surface area contributed by atoms with E-state index in [0.29, 0.717) is 55.3 Å². The van der Waals surface area contributed by atoms with Crippen LogP contribution in [0, 0.1) is 36.0 Å². The van der Waals surface area contributed by atoms with E-state index in [4.69, 9.17) is 5.41 Å². The fraction of sp³-hybridized carbons (Fsp3) is 0.741. The van der Waals surface area contributed by atoms with Crippen molar-refractivity contribution in [1.29, 1.82) is 5.41 Å². The summed E-state index contributed by atoms with van der Waals surface area (Å²) in [5.74, 6) is 1.64. The summed E-state index contributed by atoms with van der Waals surface area (Å²) in [6.07, 6.45) is 4.16. The van der Waals surface area contributed by atoms with Crippen LogP contribution in [0.1, 0.15) is 97.8 Å². The van der Waals surface area contributed by atoms with E-state index in [9.17, 15) is 13.6 Å². The highest BCUT2D eigenvalue weighted by atomic mass is 19.1. The Kier molecular flexibility index (Phi) is 10.0. The lowest BCUT2D eigenvalue weighted by Crippen LogP contribution is -2.41. The molecule has 192 valence electrons. The lowest BCUT2D eigenvalue weighted by molar-refractivity contribution is -0.127. The lowest BCUT2D eigenvalue weighted by atomic mass is 9.78. The minimum absolute atomic E-state index is 0.0191. The monoisotopic (exact) mass is 478 g/mol. The van der Waals surface area contributed by atoms with Gasteiger partial charge >= 0.3 is 0 Å². The molecular formula is C27H44F2N4O. The van der Waals surface area contributed by atoms with Gasteiger partial charge in [-0.25, -0.2) is 13.8 Å². The average Bonchev–Trinajstić information content (AvgIpc) is 3.16. The zero-order valence-electron chi connectivity index (χ0n) is 22.0. The summed E-state index contributed by atoms with van der Waals surface area (Å²) in [5.41, 5.74) is 2.38. The minimum Gasteiger partial charge on any atom is -0.356 e. The number of H-pyrrole nitrogens is 1. The van der Waals surface area contributed by atoms with E-state index in [1.807, 2.05) is 13.8 Å². The van der Waals surface area contributed by atoms with Crippen molar-refractivity contribution in [3.05, 3.63) is 28.9 Å². The Balaban J connectivity index is 0.000000241. The van der Waals surface area contributed by atoms with Crippen LogP contribution >= 0.6 is 0 Å². The highest BCUT2D eigenvalue weighted by molar-refractivity contribution is 6.01. The number of imidazole rings is 1. The van der Waals surface area contributed by atoms with Crippen LogP contribution in [0.2, 0.25) is 0 Å². The molecule has 1 saturated heterocycles. The first kappa shape index (κ1) is 28.2. The van der Waals surface area contributed by atoms with Crippen LogP contribution in [0.5, 0.6) is 0 Å². The van der Waals surface area contributed by atoms with Gasteiger partial charge in [0.1, 0.15) is 17.7 Å². The van der Waals surface area contributed by atoms with Gasteiger partial charge in [0, 0.05) is 24.6 Å². The number of hydrogen-bond donors (Lipinski definition) is 3. The number of aromatic nitrogens is 2. The molecule has 5 nitrogen and oxygen atoms in total. The second-order valence-corrected chi connectivity index (χ2v) is 11.1. The molecule has 3 N–H and O–H groups in total. The number of aromatic amines is 1. The molecule has 1 aliphatic carbocycles. The summed E-state index contributed by atoms with van der Waals surface area (Å²) >= 11 is 0. The maximum absolute atomic E-state index is 14.1. The molecule has 1 aromatic heterocycles. The molecule has 0 aromatic carbocycles. The van der Waals surface area contributed by atoms with E-state index in [0.717, 1.165) is 24.4 Å². The van der Waals surface area contributed by atoms with Gasteiger partial charge in [0.15, 0.2) is 0 Å². The number of carbonyl (C=O) groups is 1. The normalized spacial score (nSPS) is 27.9. The van der Waals surface area contributed by atoms with Gasteiger partial charge in [0.2, 0.25) is 5.91 Å². The Bertz CT molecular complexity index is 860. The van der Waals surface area contributed by atoms with Crippen LogP contribution in [-0.2, 0) is 4.79 Å². The molecule has 2 heterocycles. The molecule has 7 heteroatoms. The quantitative estimate of drug-likeness (QED) is 0.393. The molecule has 3 rings (SSSR count). The number of allylic oxidation sites excluding steroid dienone is 2. The zero-order valence-corrected chi connectivity index (χ0v) is 22.0. The summed E-state index contributed by atoms with van der Waals surface area (Å²) in [4.78, 5) is 18.7. The summed E-state index contributed by atoms with van der Waals surface area (Å²) < 4.78 is 27.7. The van der Waals surface area contributed by atoms with Crippen LogP contribution in [0.15, 0.2) is 17.3 Å². The molecule has 0 bridgehead atoms. The van der Waals surface area contributed by atoms with Crippen molar-refractivity contribution in [2.45, 2.75) is 98.8 Å². The predicted octanol–water partition coefficient (Wildman–Crippen LogP) is 6.81. The number of amides is 1. The SMILES string of the molecule is CC(C)=C(C(=N)CC1CC(C)CNC1=O)C(C)C.Cc1ncc(C(F)C2CCC(C)(F)CC2)[nH]1. The maximum atomic E-state index is 14.1. The van der Waals surface area contributed by atoms with Gasteiger partial charge in [-0.05, 0) is 83.1 Å². The molecule has 3 atom stereocenters. The molecule has 2 aliphatic rings. The number of aryl methyl sites for hydroxylation is 1. The van der Waals surface area contributed by atoms with Crippen LogP contribution in [-0.4, -0.2) is 33.8 Å². The molecule has 34 heavy (non-hydrogen) atoms. The zero-order chi connectivity index (χ0) is 25.6. The smallest absolute Gasteiger partial charge is 0.223 e.